The summed E-state index contributed by atoms with van der Waals surface area (Å²) >= 11 is 21.9. The molecule has 0 aromatic heterocycles. The van der Waals surface area contributed by atoms with E-state index in [2.05, 4.69) is 15.9 Å². The average molecular weight is 473 g/mol. The van der Waals surface area contributed by atoms with Crippen molar-refractivity contribution in [1.29, 1.82) is 0 Å². The molecular weight excluding hydrogens is 462 g/mol. The summed E-state index contributed by atoms with van der Waals surface area (Å²) in [6.07, 6.45) is 1.91. The topological polar surface area (TPSA) is 32.7 Å². The van der Waals surface area contributed by atoms with E-state index in [1.165, 1.54) is 18.9 Å². The number of rotatable bonds is 3. The molecule has 8 heteroatoms. The van der Waals surface area contributed by atoms with Gasteiger partial charge >= 0.3 is 0 Å². The molecule has 2 aromatic carbocycles. The number of phenols is 1. The van der Waals surface area contributed by atoms with E-state index in [9.17, 15) is 5.11 Å². The van der Waals surface area contributed by atoms with Gasteiger partial charge in [0.05, 0.1) is 16.5 Å². The Hall–Kier alpha value is -1.12. The molecule has 1 heterocycles. The number of anilines is 1. The van der Waals surface area contributed by atoms with Crippen LogP contribution in [-0.4, -0.2) is 21.5 Å². The Bertz CT molecular complexity index is 917. The summed E-state index contributed by atoms with van der Waals surface area (Å²) in [5.74, 6) is 0.437. The first-order valence-corrected chi connectivity index (χ1v) is 9.81. The van der Waals surface area contributed by atoms with Crippen molar-refractivity contribution in [3.8, 4) is 11.5 Å². The van der Waals surface area contributed by atoms with Crippen LogP contribution in [-0.2, 0) is 0 Å². The molecule has 2 aromatic rings. The van der Waals surface area contributed by atoms with Gasteiger partial charge in [-0.25, -0.2) is 0 Å². The van der Waals surface area contributed by atoms with Crippen LogP contribution >= 0.6 is 63.7 Å². The van der Waals surface area contributed by atoms with E-state index in [1.807, 2.05) is 29.2 Å². The molecule has 25 heavy (non-hydrogen) atoms. The van der Waals surface area contributed by atoms with E-state index in [1.54, 1.807) is 18.2 Å². The first-order chi connectivity index (χ1) is 11.9. The van der Waals surface area contributed by atoms with Gasteiger partial charge in [0.2, 0.25) is 0 Å². The highest BCUT2D eigenvalue weighted by molar-refractivity contribution is 9.10. The molecule has 0 radical (unpaired) electrons. The van der Waals surface area contributed by atoms with Gasteiger partial charge in [-0.15, -0.1) is 0 Å². The van der Waals surface area contributed by atoms with Crippen molar-refractivity contribution in [3.05, 3.63) is 56.4 Å². The Balaban J connectivity index is 1.97. The molecule has 0 atom stereocenters. The third-order valence-corrected chi connectivity index (χ3v) is 6.12. The summed E-state index contributed by atoms with van der Waals surface area (Å²) in [6.45, 7) is 0. The molecule has 0 aliphatic carbocycles. The van der Waals surface area contributed by atoms with Crippen LogP contribution in [0.4, 0.5) is 5.69 Å². The maximum absolute atomic E-state index is 9.93. The number of benzene rings is 2. The van der Waals surface area contributed by atoms with Crippen molar-refractivity contribution in [1.82, 2.24) is 0 Å². The van der Waals surface area contributed by atoms with Gasteiger partial charge in [0, 0.05) is 10.7 Å². The second kappa shape index (κ2) is 7.63. The number of hydrogen-bond donors (Lipinski definition) is 1. The smallest absolute Gasteiger partial charge is 0.172 e. The van der Waals surface area contributed by atoms with E-state index in [0.29, 0.717) is 24.6 Å². The fourth-order valence-electron chi connectivity index (χ4n) is 2.29. The fraction of sp³-hybridized carbons (Fsp3) is 0.0588. The number of hydrogen-bond acceptors (Lipinski definition) is 5. The molecule has 0 unspecified atom stereocenters. The van der Waals surface area contributed by atoms with Gasteiger partial charge in [-0.1, -0.05) is 53.9 Å². The molecule has 1 aliphatic heterocycles. The molecule has 128 valence electrons. The molecule has 0 bridgehead atoms. The average Bonchev–Trinajstić information content (AvgIpc) is 2.84. The van der Waals surface area contributed by atoms with Crippen molar-refractivity contribution in [2.45, 2.75) is 0 Å². The Morgan fingerprint density at radius 1 is 1.28 bits per heavy atom. The van der Waals surface area contributed by atoms with Crippen LogP contribution in [0.2, 0.25) is 5.02 Å². The van der Waals surface area contributed by atoms with Gasteiger partial charge < -0.3 is 9.84 Å². The van der Waals surface area contributed by atoms with E-state index in [4.69, 9.17) is 40.8 Å². The lowest BCUT2D eigenvalue weighted by Crippen LogP contribution is -2.25. The van der Waals surface area contributed by atoms with Crippen LogP contribution in [0.1, 0.15) is 5.56 Å². The van der Waals surface area contributed by atoms with Gasteiger partial charge in [-0.3, -0.25) is 4.90 Å². The summed E-state index contributed by atoms with van der Waals surface area (Å²) in [5, 5.41) is 10.6. The van der Waals surface area contributed by atoms with Gasteiger partial charge in [-0.05, 0) is 57.9 Å². The second-order valence-electron chi connectivity index (χ2n) is 5.05. The number of halogens is 2. The summed E-state index contributed by atoms with van der Waals surface area (Å²) in [4.78, 5) is 3.28. The predicted octanol–water partition coefficient (Wildman–Crippen LogP) is 6.02. The van der Waals surface area contributed by atoms with Crippen LogP contribution < -0.4 is 9.64 Å². The van der Waals surface area contributed by atoms with Gasteiger partial charge in [-0.2, -0.15) is 0 Å². The Labute approximate surface area is 173 Å². The SMILES string of the molecule is COc1cc(C=C2SC(=S)N(c3cccc(Cl)c3)C2=S)cc(Br)c1O. The lowest BCUT2D eigenvalue weighted by Gasteiger charge is -2.16. The molecule has 3 nitrogen and oxygen atoms in total. The van der Waals surface area contributed by atoms with E-state index in [0.717, 1.165) is 16.2 Å². The predicted molar refractivity (Wildman–Crippen MR) is 117 cm³/mol. The Kier molecular flexibility index (Phi) is 5.70. The first-order valence-electron chi connectivity index (χ1n) is 7.00. The number of aromatic hydroxyl groups is 1. The van der Waals surface area contributed by atoms with Crippen molar-refractivity contribution in [2.75, 3.05) is 12.0 Å². The van der Waals surface area contributed by atoms with Crippen LogP contribution in [0.25, 0.3) is 6.08 Å². The van der Waals surface area contributed by atoms with Gasteiger partial charge in [0.1, 0.15) is 4.99 Å². The lowest BCUT2D eigenvalue weighted by atomic mass is 10.2. The highest BCUT2D eigenvalue weighted by Gasteiger charge is 2.30. The summed E-state index contributed by atoms with van der Waals surface area (Å²) < 4.78 is 6.37. The summed E-state index contributed by atoms with van der Waals surface area (Å²) in [6, 6.07) is 10.9. The highest BCUT2D eigenvalue weighted by Crippen LogP contribution is 2.40. The number of nitrogens with zero attached hydrogens (tertiary/aromatic N) is 1. The third-order valence-electron chi connectivity index (χ3n) is 3.43. The standard InChI is InChI=1S/C17H11BrClNO2S3/c1-22-13-6-9(5-12(18)15(13)21)7-14-16(23)20(17(24)25-14)11-4-2-3-10(19)8-11/h2-8,21H,1H3. The molecule has 0 saturated carbocycles. The van der Waals surface area contributed by atoms with Crippen molar-refractivity contribution in [2.24, 2.45) is 0 Å². The molecule has 1 N–H and O–H groups in total. The maximum atomic E-state index is 9.93. The minimum absolute atomic E-state index is 0.0578. The quantitative estimate of drug-likeness (QED) is 0.434. The first kappa shape index (κ1) is 18.7. The Morgan fingerprint density at radius 2 is 2.04 bits per heavy atom. The number of phenolic OH excluding ortho intramolecular Hbond substituents is 1. The van der Waals surface area contributed by atoms with Gasteiger partial charge in [0.15, 0.2) is 15.8 Å². The zero-order valence-electron chi connectivity index (χ0n) is 12.8. The molecule has 1 aliphatic rings. The highest BCUT2D eigenvalue weighted by atomic mass is 79.9. The largest absolute Gasteiger partial charge is 0.503 e. The molecule has 1 saturated heterocycles. The van der Waals surface area contributed by atoms with Crippen molar-refractivity contribution in [3.63, 3.8) is 0 Å². The monoisotopic (exact) mass is 471 g/mol. The van der Waals surface area contributed by atoms with E-state index in [-0.39, 0.29) is 5.75 Å². The van der Waals surface area contributed by atoms with Crippen LogP contribution in [0.15, 0.2) is 45.8 Å². The fourth-order valence-corrected chi connectivity index (χ4v) is 4.75. The van der Waals surface area contributed by atoms with Gasteiger partial charge in [0.25, 0.3) is 0 Å². The van der Waals surface area contributed by atoms with Crippen molar-refractivity contribution < 1.29 is 9.84 Å². The minimum atomic E-state index is 0.0578. The summed E-state index contributed by atoms with van der Waals surface area (Å²) in [5.41, 5.74) is 1.67. The Morgan fingerprint density at radius 3 is 2.72 bits per heavy atom. The zero-order chi connectivity index (χ0) is 18.1. The minimum Gasteiger partial charge on any atom is -0.503 e. The molecule has 0 spiro atoms. The van der Waals surface area contributed by atoms with Crippen LogP contribution in [0.3, 0.4) is 0 Å². The number of thioether (sulfide) groups is 1. The number of ether oxygens (including phenoxy) is 1. The molecular formula is C17H11BrClNO2S3. The van der Waals surface area contributed by atoms with Crippen LogP contribution in [0.5, 0.6) is 11.5 Å². The summed E-state index contributed by atoms with van der Waals surface area (Å²) in [7, 11) is 1.50. The van der Waals surface area contributed by atoms with E-state index < -0.39 is 0 Å². The molecule has 0 amide bonds. The normalized spacial score (nSPS) is 16.0. The molecule has 1 fully saturated rings. The molecule has 3 rings (SSSR count). The van der Waals surface area contributed by atoms with Crippen LogP contribution in [0, 0.1) is 0 Å². The zero-order valence-corrected chi connectivity index (χ0v) is 17.6. The second-order valence-corrected chi connectivity index (χ2v) is 8.40. The van der Waals surface area contributed by atoms with E-state index >= 15 is 0 Å². The maximum Gasteiger partial charge on any atom is 0.172 e. The third kappa shape index (κ3) is 3.85. The van der Waals surface area contributed by atoms with Crippen molar-refractivity contribution >= 4 is 84.8 Å². The lowest BCUT2D eigenvalue weighted by molar-refractivity contribution is 0.372. The number of methoxy groups -OCH3 is 1. The number of thiocarbonyl (C=S) groups is 2.